The molecule has 1 aliphatic carbocycles. The van der Waals surface area contributed by atoms with Gasteiger partial charge in [-0.05, 0) is 54.7 Å². The van der Waals surface area contributed by atoms with Gasteiger partial charge < -0.3 is 15.8 Å². The standard InChI is InChI=1S/C24H27N3O4/c1-15(28)26-13-19-14-27(24(30)31-19)18-8-6-17(7-9-18)20-10-11-23(29)21(12-22(20)25)16-4-2-3-5-16/h6-12,16,19H,2-5,13-14,25H2,1H3,(H,26,28). The summed E-state index contributed by atoms with van der Waals surface area (Å²) in [5, 5.41) is 2.67. The fourth-order valence-electron chi connectivity index (χ4n) is 4.40. The van der Waals surface area contributed by atoms with Crippen molar-refractivity contribution in [2.24, 2.45) is 0 Å². The lowest BCUT2D eigenvalue weighted by atomic mass is 9.98. The number of nitrogens with zero attached hydrogens (tertiary/aromatic N) is 1. The zero-order valence-electron chi connectivity index (χ0n) is 17.6. The summed E-state index contributed by atoms with van der Waals surface area (Å²) in [7, 11) is 0. The van der Waals surface area contributed by atoms with Gasteiger partial charge in [0.15, 0.2) is 5.43 Å². The lowest BCUT2D eigenvalue weighted by molar-refractivity contribution is -0.119. The predicted octanol–water partition coefficient (Wildman–Crippen LogP) is 3.41. The summed E-state index contributed by atoms with van der Waals surface area (Å²) in [6.07, 6.45) is 3.56. The van der Waals surface area contributed by atoms with E-state index < -0.39 is 6.09 Å². The van der Waals surface area contributed by atoms with Gasteiger partial charge in [-0.1, -0.05) is 25.0 Å². The number of carbonyl (C=O) groups is 2. The minimum atomic E-state index is -0.439. The normalized spacial score (nSPS) is 18.8. The van der Waals surface area contributed by atoms with E-state index in [0.717, 1.165) is 42.4 Å². The first-order valence-electron chi connectivity index (χ1n) is 10.7. The number of hydrogen-bond donors (Lipinski definition) is 2. The van der Waals surface area contributed by atoms with Gasteiger partial charge in [0.25, 0.3) is 0 Å². The van der Waals surface area contributed by atoms with Crippen molar-refractivity contribution in [3.8, 4) is 11.1 Å². The molecule has 2 amide bonds. The Balaban J connectivity index is 1.54. The number of ether oxygens (including phenoxy) is 1. The number of benzene rings is 1. The van der Waals surface area contributed by atoms with Crippen LogP contribution in [0, 0.1) is 0 Å². The van der Waals surface area contributed by atoms with Crippen LogP contribution in [-0.2, 0) is 9.53 Å². The molecule has 4 rings (SSSR count). The highest BCUT2D eigenvalue weighted by molar-refractivity contribution is 5.90. The van der Waals surface area contributed by atoms with Crippen LogP contribution < -0.4 is 21.4 Å². The van der Waals surface area contributed by atoms with Gasteiger partial charge in [0, 0.05) is 29.4 Å². The smallest absolute Gasteiger partial charge is 0.414 e. The number of nitrogens with one attached hydrogen (secondary N) is 1. The number of anilines is 2. The van der Waals surface area contributed by atoms with Gasteiger partial charge in [-0.15, -0.1) is 0 Å². The van der Waals surface area contributed by atoms with Crippen LogP contribution >= 0.6 is 0 Å². The van der Waals surface area contributed by atoms with Gasteiger partial charge in [-0.2, -0.15) is 0 Å². The minimum Gasteiger partial charge on any atom is -0.442 e. The topological polar surface area (TPSA) is 102 Å². The van der Waals surface area contributed by atoms with Gasteiger partial charge in [-0.25, -0.2) is 4.79 Å². The predicted molar refractivity (Wildman–Crippen MR) is 120 cm³/mol. The highest BCUT2D eigenvalue weighted by atomic mass is 16.6. The van der Waals surface area contributed by atoms with E-state index in [0.29, 0.717) is 23.8 Å². The van der Waals surface area contributed by atoms with E-state index in [-0.39, 0.29) is 24.0 Å². The average molecular weight is 421 g/mol. The molecule has 1 saturated heterocycles. The van der Waals surface area contributed by atoms with Crippen molar-refractivity contribution in [3.63, 3.8) is 0 Å². The summed E-state index contributed by atoms with van der Waals surface area (Å²) in [6.45, 7) is 2.08. The number of nitrogens with two attached hydrogens (primary N) is 1. The summed E-state index contributed by atoms with van der Waals surface area (Å²) in [5.74, 6) is 0.133. The van der Waals surface area contributed by atoms with Crippen molar-refractivity contribution in [1.82, 2.24) is 5.32 Å². The molecule has 7 heteroatoms. The molecular formula is C24H27N3O4. The molecule has 1 unspecified atom stereocenters. The van der Waals surface area contributed by atoms with Gasteiger partial charge in [0.2, 0.25) is 5.91 Å². The minimum absolute atomic E-state index is 0.0338. The Morgan fingerprint density at radius 3 is 2.52 bits per heavy atom. The van der Waals surface area contributed by atoms with Crippen molar-refractivity contribution >= 4 is 23.4 Å². The molecule has 31 heavy (non-hydrogen) atoms. The Morgan fingerprint density at radius 1 is 1.13 bits per heavy atom. The van der Waals surface area contributed by atoms with Crippen LogP contribution in [0.15, 0.2) is 47.3 Å². The highest BCUT2D eigenvalue weighted by Crippen LogP contribution is 2.35. The first-order chi connectivity index (χ1) is 14.9. The van der Waals surface area contributed by atoms with Crippen molar-refractivity contribution in [1.29, 1.82) is 0 Å². The van der Waals surface area contributed by atoms with E-state index in [1.807, 2.05) is 30.3 Å². The number of cyclic esters (lactones) is 1. The maximum absolute atomic E-state index is 12.6. The Hall–Kier alpha value is -3.35. The molecule has 0 spiro atoms. The van der Waals surface area contributed by atoms with E-state index in [4.69, 9.17) is 10.5 Å². The maximum atomic E-state index is 12.6. The molecule has 162 valence electrons. The van der Waals surface area contributed by atoms with E-state index in [1.165, 1.54) is 6.92 Å². The van der Waals surface area contributed by atoms with Crippen molar-refractivity contribution in [2.75, 3.05) is 23.7 Å². The lowest BCUT2D eigenvalue weighted by Crippen LogP contribution is -2.33. The molecule has 2 aliphatic rings. The van der Waals surface area contributed by atoms with E-state index in [1.54, 1.807) is 17.0 Å². The summed E-state index contributed by atoms with van der Waals surface area (Å²) >= 11 is 0. The second kappa shape index (κ2) is 8.79. The summed E-state index contributed by atoms with van der Waals surface area (Å²) in [6, 6.07) is 12.7. The number of nitrogen functional groups attached to an aromatic ring is 1. The second-order valence-electron chi connectivity index (χ2n) is 8.25. The van der Waals surface area contributed by atoms with Crippen LogP contribution in [0.2, 0.25) is 0 Å². The molecule has 1 saturated carbocycles. The fourth-order valence-corrected chi connectivity index (χ4v) is 4.40. The zero-order valence-corrected chi connectivity index (χ0v) is 17.6. The SMILES string of the molecule is CC(=O)NCC1CN(c2ccc(-c3ccc(=O)c(C4CCCC4)cc3N)cc2)C(=O)O1. The largest absolute Gasteiger partial charge is 0.442 e. The third-order valence-corrected chi connectivity index (χ3v) is 6.05. The fraction of sp³-hybridized carbons (Fsp3) is 0.375. The molecule has 2 aromatic carbocycles. The second-order valence-corrected chi connectivity index (χ2v) is 8.25. The Bertz CT molecular complexity index is 1050. The van der Waals surface area contributed by atoms with Crippen LogP contribution in [0.25, 0.3) is 11.1 Å². The molecule has 3 N–H and O–H groups in total. The first kappa shape index (κ1) is 20.9. The third-order valence-electron chi connectivity index (χ3n) is 6.05. The molecule has 2 aromatic rings. The molecule has 1 atom stereocenters. The summed E-state index contributed by atoms with van der Waals surface area (Å²) < 4.78 is 5.32. The van der Waals surface area contributed by atoms with Crippen LogP contribution in [0.3, 0.4) is 0 Å². The zero-order chi connectivity index (χ0) is 22.0. The van der Waals surface area contributed by atoms with Crippen LogP contribution in [0.4, 0.5) is 16.2 Å². The lowest BCUT2D eigenvalue weighted by Gasteiger charge is -2.14. The van der Waals surface area contributed by atoms with Crippen molar-refractivity contribution in [2.45, 2.75) is 44.6 Å². The van der Waals surface area contributed by atoms with E-state index >= 15 is 0 Å². The molecule has 0 radical (unpaired) electrons. The molecule has 1 heterocycles. The van der Waals surface area contributed by atoms with E-state index in [9.17, 15) is 14.4 Å². The van der Waals surface area contributed by atoms with Gasteiger partial charge >= 0.3 is 6.09 Å². The van der Waals surface area contributed by atoms with Crippen LogP contribution in [0.1, 0.15) is 44.1 Å². The van der Waals surface area contributed by atoms with Gasteiger partial charge in [0.05, 0.1) is 13.1 Å². The van der Waals surface area contributed by atoms with Crippen LogP contribution in [0.5, 0.6) is 0 Å². The van der Waals surface area contributed by atoms with Gasteiger partial charge in [0.1, 0.15) is 6.10 Å². The first-order valence-corrected chi connectivity index (χ1v) is 10.7. The monoisotopic (exact) mass is 421 g/mol. The number of rotatable bonds is 5. The Kier molecular flexibility index (Phi) is 5.93. The van der Waals surface area contributed by atoms with Crippen molar-refractivity contribution in [3.05, 3.63) is 58.3 Å². The van der Waals surface area contributed by atoms with Crippen molar-refractivity contribution < 1.29 is 14.3 Å². The summed E-state index contributed by atoms with van der Waals surface area (Å²) in [5.41, 5.74) is 10.2. The quantitative estimate of drug-likeness (QED) is 0.770. The number of hydrogen-bond acceptors (Lipinski definition) is 5. The highest BCUT2D eigenvalue weighted by Gasteiger charge is 2.32. The molecule has 2 fully saturated rings. The van der Waals surface area contributed by atoms with E-state index in [2.05, 4.69) is 5.32 Å². The number of carbonyl (C=O) groups excluding carboxylic acids is 2. The molecule has 0 aromatic heterocycles. The number of amides is 2. The molecule has 0 bridgehead atoms. The van der Waals surface area contributed by atoms with Gasteiger partial charge in [-0.3, -0.25) is 14.5 Å². The average Bonchev–Trinajstić information content (AvgIpc) is 3.37. The Labute approximate surface area is 181 Å². The third kappa shape index (κ3) is 4.55. The summed E-state index contributed by atoms with van der Waals surface area (Å²) in [4.78, 5) is 37.4. The maximum Gasteiger partial charge on any atom is 0.414 e. The Morgan fingerprint density at radius 2 is 1.84 bits per heavy atom. The molecule has 1 aliphatic heterocycles. The molecular weight excluding hydrogens is 394 g/mol. The van der Waals surface area contributed by atoms with Crippen LogP contribution in [-0.4, -0.2) is 31.2 Å². The molecule has 7 nitrogen and oxygen atoms in total.